The predicted molar refractivity (Wildman–Crippen MR) is 84.9 cm³/mol. The molecule has 2 aromatic carbocycles. The van der Waals surface area contributed by atoms with E-state index in [4.69, 9.17) is 0 Å². The minimum atomic E-state index is 0.0371. The first-order chi connectivity index (χ1) is 10.3. The van der Waals surface area contributed by atoms with Crippen LogP contribution in [-0.4, -0.2) is 15.0 Å². The molecule has 1 aromatic heterocycles. The van der Waals surface area contributed by atoms with Gasteiger partial charge < -0.3 is 10.3 Å². The Balaban J connectivity index is 2.13. The summed E-state index contributed by atoms with van der Waals surface area (Å²) < 4.78 is 0. The number of nitrogens with zero attached hydrogens (tertiary/aromatic N) is 3. The molecule has 0 aliphatic carbocycles. The first-order valence-electron chi connectivity index (χ1n) is 7.25. The second kappa shape index (κ2) is 5.02. The molecule has 0 radical (unpaired) electrons. The largest absolute Gasteiger partial charge is 0.692 e. The summed E-state index contributed by atoms with van der Waals surface area (Å²) in [5.41, 5.74) is 2.64. The molecule has 1 heterocycles. The maximum absolute atomic E-state index is 12.4. The van der Waals surface area contributed by atoms with Gasteiger partial charge in [-0.05, 0) is 46.5 Å². The maximum atomic E-state index is 12.4. The highest BCUT2D eigenvalue weighted by Gasteiger charge is 2.20. The van der Waals surface area contributed by atoms with Gasteiger partial charge in [0.1, 0.15) is 5.75 Å². The van der Waals surface area contributed by atoms with Crippen LogP contribution in [0.2, 0.25) is 0 Å². The molecular formula is C17H19N3O2. The molecule has 3 rings (SSSR count). The first-order valence-corrected chi connectivity index (χ1v) is 7.25. The van der Waals surface area contributed by atoms with Crippen molar-refractivity contribution in [3.63, 3.8) is 0 Å². The van der Waals surface area contributed by atoms with E-state index in [1.54, 1.807) is 24.3 Å². The average molecular weight is 297 g/mol. The van der Waals surface area contributed by atoms with E-state index in [1.807, 2.05) is 18.2 Å². The highest BCUT2D eigenvalue weighted by Crippen LogP contribution is 2.26. The molecule has 0 spiro atoms. The van der Waals surface area contributed by atoms with Gasteiger partial charge in [0.15, 0.2) is 5.69 Å². The monoisotopic (exact) mass is 297 g/mol. The third kappa shape index (κ3) is 2.62. The molecule has 0 fully saturated rings. The first kappa shape index (κ1) is 14.4. The number of aromatic nitrogens is 3. The number of phenols is 1. The lowest BCUT2D eigenvalue weighted by molar-refractivity contribution is -0.664. The number of phenolic OH excluding ortho intramolecular Hbond substituents is 1. The summed E-state index contributed by atoms with van der Waals surface area (Å²) in [6.07, 6.45) is 0.847. The zero-order chi connectivity index (χ0) is 15.9. The zero-order valence-corrected chi connectivity index (χ0v) is 12.9. The Morgan fingerprint density at radius 3 is 2.59 bits per heavy atom. The Hall–Kier alpha value is -2.56. The minimum Gasteiger partial charge on any atom is -0.692 e. The summed E-state index contributed by atoms with van der Waals surface area (Å²) in [5.74, 6) is 0.0371. The van der Waals surface area contributed by atoms with Crippen molar-refractivity contribution in [2.45, 2.75) is 27.2 Å². The Morgan fingerprint density at radius 1 is 1.18 bits per heavy atom. The normalized spacial score (nSPS) is 12.0. The van der Waals surface area contributed by atoms with E-state index in [2.05, 4.69) is 25.9 Å². The second-order valence-corrected chi connectivity index (χ2v) is 6.71. The lowest BCUT2D eigenvalue weighted by Crippen LogP contribution is -2.37. The Labute approximate surface area is 129 Å². The standard InChI is InChI=1S/C17H19N3O2/c1-17(2,3)11-12-8-9-16(21)15(10-12)19-18-13-6-4-5-7-14(13)20(19)22/h4-10,21H,11H2,1-3H3. The molecule has 0 amide bonds. The fourth-order valence-electron chi connectivity index (χ4n) is 2.56. The van der Waals surface area contributed by atoms with Crippen molar-refractivity contribution >= 4 is 11.0 Å². The molecule has 0 aliphatic heterocycles. The van der Waals surface area contributed by atoms with E-state index in [9.17, 15) is 10.3 Å². The molecule has 114 valence electrons. The van der Waals surface area contributed by atoms with Crippen LogP contribution in [0.5, 0.6) is 5.75 Å². The van der Waals surface area contributed by atoms with Gasteiger partial charge in [-0.25, -0.2) is 0 Å². The third-order valence-electron chi connectivity index (χ3n) is 3.45. The van der Waals surface area contributed by atoms with Crippen molar-refractivity contribution in [1.29, 1.82) is 0 Å². The van der Waals surface area contributed by atoms with Crippen LogP contribution in [0.3, 0.4) is 0 Å². The van der Waals surface area contributed by atoms with Gasteiger partial charge in [0, 0.05) is 0 Å². The second-order valence-electron chi connectivity index (χ2n) is 6.71. The molecular weight excluding hydrogens is 278 g/mol. The molecule has 3 aromatic rings. The number of rotatable bonds is 2. The van der Waals surface area contributed by atoms with Gasteiger partial charge >= 0.3 is 0 Å². The van der Waals surface area contributed by atoms with Gasteiger partial charge in [0.2, 0.25) is 11.0 Å². The lowest BCUT2D eigenvalue weighted by Gasteiger charge is -2.18. The summed E-state index contributed by atoms with van der Waals surface area (Å²) >= 11 is 0. The number of fused-ring (bicyclic) bond motifs is 1. The van der Waals surface area contributed by atoms with Crippen molar-refractivity contribution in [3.05, 3.63) is 53.2 Å². The quantitative estimate of drug-likeness (QED) is 0.584. The number of aromatic hydroxyl groups is 1. The van der Waals surface area contributed by atoms with Gasteiger partial charge in [0.05, 0.1) is 5.10 Å². The smallest absolute Gasteiger partial charge is 0.250 e. The van der Waals surface area contributed by atoms with Gasteiger partial charge in [0.25, 0.3) is 0 Å². The number of hydrogen-bond donors (Lipinski definition) is 1. The van der Waals surface area contributed by atoms with E-state index in [0.717, 1.165) is 12.0 Å². The van der Waals surface area contributed by atoms with Crippen LogP contribution in [0.4, 0.5) is 0 Å². The molecule has 1 N–H and O–H groups in total. The summed E-state index contributed by atoms with van der Waals surface area (Å²) in [5, 5.41) is 26.8. The molecule has 5 nitrogen and oxygen atoms in total. The highest BCUT2D eigenvalue weighted by molar-refractivity contribution is 5.70. The minimum absolute atomic E-state index is 0.0371. The average Bonchev–Trinajstić information content (AvgIpc) is 2.77. The Bertz CT molecular complexity index is 832. The molecule has 5 heteroatoms. The summed E-state index contributed by atoms with van der Waals surface area (Å²) in [7, 11) is 0. The van der Waals surface area contributed by atoms with Gasteiger partial charge in [-0.3, -0.25) is 0 Å². The topological polar surface area (TPSA) is 65.0 Å². The number of benzene rings is 2. The summed E-state index contributed by atoms with van der Waals surface area (Å²) in [4.78, 5) is 1.90. The van der Waals surface area contributed by atoms with E-state index in [1.165, 1.54) is 4.80 Å². The molecule has 0 atom stereocenters. The van der Waals surface area contributed by atoms with Gasteiger partial charge in [-0.1, -0.05) is 39.0 Å². The summed E-state index contributed by atoms with van der Waals surface area (Å²) in [6, 6.07) is 12.4. The van der Waals surface area contributed by atoms with Crippen LogP contribution in [0.25, 0.3) is 16.7 Å². The van der Waals surface area contributed by atoms with E-state index in [-0.39, 0.29) is 11.2 Å². The van der Waals surface area contributed by atoms with Crippen molar-refractivity contribution in [2.24, 2.45) is 5.41 Å². The summed E-state index contributed by atoms with van der Waals surface area (Å²) in [6.45, 7) is 6.44. The fourth-order valence-corrected chi connectivity index (χ4v) is 2.56. The van der Waals surface area contributed by atoms with Crippen LogP contribution >= 0.6 is 0 Å². The Kier molecular flexibility index (Phi) is 3.28. The van der Waals surface area contributed by atoms with Crippen molar-refractivity contribution in [2.75, 3.05) is 0 Å². The molecule has 0 bridgehead atoms. The molecule has 0 unspecified atom stereocenters. The van der Waals surface area contributed by atoms with Crippen LogP contribution in [0.1, 0.15) is 26.3 Å². The van der Waals surface area contributed by atoms with Crippen molar-refractivity contribution in [3.8, 4) is 11.4 Å². The van der Waals surface area contributed by atoms with Gasteiger partial charge in [-0.15, -0.1) is 4.85 Å². The van der Waals surface area contributed by atoms with Gasteiger partial charge in [-0.2, -0.15) is 0 Å². The maximum Gasteiger partial charge on any atom is 0.250 e. The van der Waals surface area contributed by atoms with E-state index in [0.29, 0.717) is 21.6 Å². The lowest BCUT2D eigenvalue weighted by atomic mass is 9.88. The molecule has 22 heavy (non-hydrogen) atoms. The van der Waals surface area contributed by atoms with Crippen LogP contribution in [0, 0.1) is 10.6 Å². The SMILES string of the molecule is CC(C)(C)Cc1ccc(O)c(-n2nc3ccccc3[n+]2[O-])c1. The number of para-hydroxylation sites is 1. The number of hydrogen-bond acceptors (Lipinski definition) is 3. The predicted octanol–water partition coefficient (Wildman–Crippen LogP) is 2.95. The van der Waals surface area contributed by atoms with Crippen LogP contribution in [-0.2, 0) is 6.42 Å². The third-order valence-corrected chi connectivity index (χ3v) is 3.45. The van der Waals surface area contributed by atoms with Crippen molar-refractivity contribution in [1.82, 2.24) is 9.90 Å². The molecule has 0 saturated carbocycles. The fraction of sp³-hybridized carbons (Fsp3) is 0.294. The van der Waals surface area contributed by atoms with Crippen LogP contribution in [0.15, 0.2) is 42.5 Å². The zero-order valence-electron chi connectivity index (χ0n) is 12.9. The highest BCUT2D eigenvalue weighted by atomic mass is 16.5. The molecule has 0 saturated heterocycles. The van der Waals surface area contributed by atoms with E-state index >= 15 is 0 Å². The molecule has 0 aliphatic rings. The van der Waals surface area contributed by atoms with Crippen LogP contribution < -0.4 is 4.85 Å². The Morgan fingerprint density at radius 2 is 1.91 bits per heavy atom. The van der Waals surface area contributed by atoms with Crippen molar-refractivity contribution < 1.29 is 9.95 Å². The van der Waals surface area contributed by atoms with E-state index < -0.39 is 0 Å².